The number of methoxy groups -OCH3 is 1. The molecule has 0 spiro atoms. The first kappa shape index (κ1) is 23.7. The van der Waals surface area contributed by atoms with Crippen molar-refractivity contribution in [2.75, 3.05) is 37.0 Å². The van der Waals surface area contributed by atoms with Crippen LogP contribution in [0.15, 0.2) is 28.5 Å². The van der Waals surface area contributed by atoms with E-state index in [0.717, 1.165) is 32.1 Å². The maximum atomic E-state index is 13.2. The van der Waals surface area contributed by atoms with Gasteiger partial charge in [0.1, 0.15) is 5.75 Å². The Kier molecular flexibility index (Phi) is 7.30. The first-order valence-corrected chi connectivity index (χ1v) is 13.4. The quantitative estimate of drug-likeness (QED) is 0.636. The van der Waals surface area contributed by atoms with Crippen LogP contribution in [0.4, 0.5) is 10.8 Å². The molecule has 0 aliphatic carbocycles. The van der Waals surface area contributed by atoms with Crippen LogP contribution in [0, 0.1) is 0 Å². The standard InChI is InChI=1S/C22H28N4O5S2/c1-31-19-9-8-17(33(29,30)25-10-4-2-3-5-11-25)14-18(19)24-20(27)13-16-15-32-22(23-16)26-12-6-7-21(26)28/h8-9,14-15H,2-7,10-13H2,1H3,(H,24,27). The number of carbonyl (C=O) groups excluding carboxylic acids is 2. The Morgan fingerprint density at radius 1 is 1.15 bits per heavy atom. The minimum atomic E-state index is -3.66. The Morgan fingerprint density at radius 3 is 2.58 bits per heavy atom. The second kappa shape index (κ2) is 10.2. The van der Waals surface area contributed by atoms with Gasteiger partial charge in [0.15, 0.2) is 5.13 Å². The summed E-state index contributed by atoms with van der Waals surface area (Å²) in [6.45, 7) is 1.65. The monoisotopic (exact) mass is 492 g/mol. The number of sulfonamides is 1. The average Bonchev–Trinajstić information content (AvgIpc) is 3.32. The molecule has 2 saturated heterocycles. The Labute approximate surface area is 197 Å². The van der Waals surface area contributed by atoms with Gasteiger partial charge < -0.3 is 10.1 Å². The van der Waals surface area contributed by atoms with Gasteiger partial charge in [-0.1, -0.05) is 12.8 Å². The number of aromatic nitrogens is 1. The fraction of sp³-hybridized carbons (Fsp3) is 0.500. The summed E-state index contributed by atoms with van der Waals surface area (Å²) in [5, 5.41) is 5.12. The number of carbonyl (C=O) groups is 2. The topological polar surface area (TPSA) is 109 Å². The lowest BCUT2D eigenvalue weighted by Crippen LogP contribution is -2.32. The van der Waals surface area contributed by atoms with Gasteiger partial charge in [-0.3, -0.25) is 14.5 Å². The van der Waals surface area contributed by atoms with Gasteiger partial charge in [0.25, 0.3) is 0 Å². The van der Waals surface area contributed by atoms with E-state index in [4.69, 9.17) is 4.74 Å². The van der Waals surface area contributed by atoms with Crippen molar-refractivity contribution in [1.82, 2.24) is 9.29 Å². The smallest absolute Gasteiger partial charge is 0.243 e. The Hall–Kier alpha value is -2.50. The third-order valence-corrected chi connectivity index (χ3v) is 8.64. The largest absolute Gasteiger partial charge is 0.495 e. The van der Waals surface area contributed by atoms with E-state index in [9.17, 15) is 18.0 Å². The lowest BCUT2D eigenvalue weighted by Gasteiger charge is -2.21. The van der Waals surface area contributed by atoms with Crippen LogP contribution in [0.25, 0.3) is 0 Å². The molecular weight excluding hydrogens is 464 g/mol. The summed E-state index contributed by atoms with van der Waals surface area (Å²) >= 11 is 1.33. The predicted octanol–water partition coefficient (Wildman–Crippen LogP) is 3.02. The molecule has 2 aliphatic rings. The maximum Gasteiger partial charge on any atom is 0.243 e. The van der Waals surface area contributed by atoms with Gasteiger partial charge in [-0.05, 0) is 37.5 Å². The summed E-state index contributed by atoms with van der Waals surface area (Å²) in [6.07, 6.45) is 5.08. The van der Waals surface area contributed by atoms with Crippen LogP contribution in [0.5, 0.6) is 5.75 Å². The van der Waals surface area contributed by atoms with Crippen molar-refractivity contribution in [3.05, 3.63) is 29.3 Å². The van der Waals surface area contributed by atoms with Crippen molar-refractivity contribution in [2.24, 2.45) is 0 Å². The van der Waals surface area contributed by atoms with E-state index in [1.165, 1.54) is 34.9 Å². The number of anilines is 2. The molecule has 1 aromatic heterocycles. The van der Waals surface area contributed by atoms with Gasteiger partial charge in [0, 0.05) is 31.4 Å². The molecule has 9 nitrogen and oxygen atoms in total. The van der Waals surface area contributed by atoms with E-state index in [2.05, 4.69) is 10.3 Å². The molecule has 0 unspecified atom stereocenters. The highest BCUT2D eigenvalue weighted by molar-refractivity contribution is 7.89. The second-order valence-corrected chi connectivity index (χ2v) is 11.0. The molecule has 0 bridgehead atoms. The van der Waals surface area contributed by atoms with Gasteiger partial charge in [0.2, 0.25) is 21.8 Å². The van der Waals surface area contributed by atoms with Crippen molar-refractivity contribution in [1.29, 1.82) is 0 Å². The minimum Gasteiger partial charge on any atom is -0.495 e. The minimum absolute atomic E-state index is 0.00475. The second-order valence-electron chi connectivity index (χ2n) is 8.18. The molecule has 2 fully saturated rings. The third-order valence-electron chi connectivity index (χ3n) is 5.83. The van der Waals surface area contributed by atoms with Crippen LogP contribution in [-0.4, -0.2) is 56.3 Å². The summed E-state index contributed by atoms with van der Waals surface area (Å²) in [6, 6.07) is 4.51. The highest BCUT2D eigenvalue weighted by Crippen LogP contribution is 2.30. The number of nitrogens with zero attached hydrogens (tertiary/aromatic N) is 3. The highest BCUT2D eigenvalue weighted by Gasteiger charge is 2.27. The van der Waals surface area contributed by atoms with Crippen molar-refractivity contribution in [3.8, 4) is 5.75 Å². The van der Waals surface area contributed by atoms with Gasteiger partial charge in [0.05, 0.1) is 29.8 Å². The summed E-state index contributed by atoms with van der Waals surface area (Å²) < 4.78 is 33.2. The first-order chi connectivity index (χ1) is 15.9. The molecule has 4 rings (SSSR count). The van der Waals surface area contributed by atoms with Crippen LogP contribution >= 0.6 is 11.3 Å². The summed E-state index contributed by atoms with van der Waals surface area (Å²) in [5.41, 5.74) is 0.850. The molecule has 33 heavy (non-hydrogen) atoms. The average molecular weight is 493 g/mol. The van der Waals surface area contributed by atoms with E-state index in [1.807, 2.05) is 0 Å². The molecule has 1 aromatic carbocycles. The van der Waals surface area contributed by atoms with Crippen molar-refractivity contribution in [2.45, 2.75) is 49.8 Å². The van der Waals surface area contributed by atoms with Crippen LogP contribution < -0.4 is 15.0 Å². The van der Waals surface area contributed by atoms with Crippen molar-refractivity contribution >= 4 is 44.0 Å². The van der Waals surface area contributed by atoms with E-state index in [0.29, 0.717) is 48.3 Å². The number of hydrogen-bond donors (Lipinski definition) is 1. The van der Waals surface area contributed by atoms with Crippen molar-refractivity contribution in [3.63, 3.8) is 0 Å². The Balaban J connectivity index is 1.48. The number of benzene rings is 1. The molecule has 11 heteroatoms. The fourth-order valence-corrected chi connectivity index (χ4v) is 6.50. The number of rotatable bonds is 7. The number of hydrogen-bond acceptors (Lipinski definition) is 7. The van der Waals surface area contributed by atoms with Crippen molar-refractivity contribution < 1.29 is 22.7 Å². The fourth-order valence-electron chi connectivity index (χ4n) is 4.09. The third kappa shape index (κ3) is 5.36. The van der Waals surface area contributed by atoms with E-state index in [-0.39, 0.29) is 23.1 Å². The molecule has 2 aliphatic heterocycles. The Bertz CT molecular complexity index is 1120. The zero-order chi connectivity index (χ0) is 23.4. The molecule has 0 saturated carbocycles. The highest BCUT2D eigenvalue weighted by atomic mass is 32.2. The number of amides is 2. The molecule has 0 radical (unpaired) electrons. The molecular formula is C22H28N4O5S2. The normalized spacial score (nSPS) is 17.7. The SMILES string of the molecule is COc1ccc(S(=O)(=O)N2CCCCCC2)cc1NC(=O)Cc1csc(N2CCCC2=O)n1. The van der Waals surface area contributed by atoms with E-state index in [1.54, 1.807) is 16.3 Å². The Morgan fingerprint density at radius 2 is 1.91 bits per heavy atom. The van der Waals surface area contributed by atoms with Crippen LogP contribution in [0.3, 0.4) is 0 Å². The number of thiazole rings is 1. The van der Waals surface area contributed by atoms with Gasteiger partial charge in [-0.15, -0.1) is 11.3 Å². The van der Waals surface area contributed by atoms with E-state index >= 15 is 0 Å². The zero-order valence-electron chi connectivity index (χ0n) is 18.6. The molecule has 2 aromatic rings. The lowest BCUT2D eigenvalue weighted by atomic mass is 10.2. The van der Waals surface area contributed by atoms with E-state index < -0.39 is 10.0 Å². The van der Waals surface area contributed by atoms with Gasteiger partial charge in [-0.2, -0.15) is 4.31 Å². The summed E-state index contributed by atoms with van der Waals surface area (Å²) in [5.74, 6) is 0.0783. The summed E-state index contributed by atoms with van der Waals surface area (Å²) in [7, 11) is -2.19. The molecule has 2 amide bonds. The molecule has 0 atom stereocenters. The zero-order valence-corrected chi connectivity index (χ0v) is 20.2. The van der Waals surface area contributed by atoms with Crippen LogP contribution in [-0.2, 0) is 26.0 Å². The molecule has 3 heterocycles. The molecule has 178 valence electrons. The maximum absolute atomic E-state index is 13.2. The van der Waals surface area contributed by atoms with Gasteiger partial charge >= 0.3 is 0 Å². The van der Waals surface area contributed by atoms with Crippen LogP contribution in [0.2, 0.25) is 0 Å². The summed E-state index contributed by atoms with van der Waals surface area (Å²) in [4.78, 5) is 30.8. The lowest BCUT2D eigenvalue weighted by molar-refractivity contribution is -0.117. The van der Waals surface area contributed by atoms with Crippen LogP contribution in [0.1, 0.15) is 44.2 Å². The molecule has 1 N–H and O–H groups in total. The number of ether oxygens (including phenoxy) is 1. The predicted molar refractivity (Wildman–Crippen MR) is 126 cm³/mol. The number of nitrogens with one attached hydrogen (secondary N) is 1. The van der Waals surface area contributed by atoms with Gasteiger partial charge in [-0.25, -0.2) is 13.4 Å². The first-order valence-electron chi connectivity index (χ1n) is 11.1.